The predicted molar refractivity (Wildman–Crippen MR) is 76.2 cm³/mol. The van der Waals surface area contributed by atoms with Crippen molar-refractivity contribution >= 4 is 0 Å². The quantitative estimate of drug-likeness (QED) is 0.880. The summed E-state index contributed by atoms with van der Waals surface area (Å²) in [7, 11) is 3.83. The van der Waals surface area contributed by atoms with Crippen LogP contribution in [0.15, 0.2) is 24.3 Å². The Labute approximate surface area is 111 Å². The Morgan fingerprint density at radius 1 is 1.28 bits per heavy atom. The Balaban J connectivity index is 2.25. The molecule has 1 N–H and O–H groups in total. The van der Waals surface area contributed by atoms with Crippen molar-refractivity contribution in [2.75, 3.05) is 20.7 Å². The average Bonchev–Trinajstić information content (AvgIpc) is 2.41. The van der Waals surface area contributed by atoms with E-state index in [1.807, 2.05) is 0 Å². The highest BCUT2D eigenvalue weighted by Crippen LogP contribution is 2.43. The number of methoxy groups -OCH3 is 1. The molecule has 1 aromatic rings. The lowest BCUT2D eigenvalue weighted by Gasteiger charge is -2.35. The molecular weight excluding hydrogens is 222 g/mol. The molecule has 3 unspecified atom stereocenters. The van der Waals surface area contributed by atoms with Gasteiger partial charge in [-0.1, -0.05) is 31.5 Å². The molecule has 1 aliphatic carbocycles. The molecule has 0 amide bonds. The molecule has 3 atom stereocenters. The second-order valence-corrected chi connectivity index (χ2v) is 5.58. The van der Waals surface area contributed by atoms with Crippen molar-refractivity contribution in [3.05, 3.63) is 29.8 Å². The molecule has 2 heteroatoms. The molecule has 18 heavy (non-hydrogen) atoms. The third kappa shape index (κ3) is 2.86. The molecule has 1 fully saturated rings. The van der Waals surface area contributed by atoms with Gasteiger partial charge in [-0.05, 0) is 55.8 Å². The molecule has 2 rings (SSSR count). The summed E-state index contributed by atoms with van der Waals surface area (Å²) in [5.41, 5.74) is 1.40. The molecular formula is C16H25NO. The van der Waals surface area contributed by atoms with Gasteiger partial charge < -0.3 is 10.1 Å². The first kappa shape index (κ1) is 13.4. The van der Waals surface area contributed by atoms with Crippen molar-refractivity contribution in [3.8, 4) is 5.75 Å². The smallest absolute Gasteiger partial charge is 0.122 e. The first-order valence-electron chi connectivity index (χ1n) is 7.03. The molecule has 0 spiro atoms. The minimum Gasteiger partial charge on any atom is -0.496 e. The summed E-state index contributed by atoms with van der Waals surface area (Å²) in [6.45, 7) is 3.48. The first-order chi connectivity index (χ1) is 8.76. The van der Waals surface area contributed by atoms with Crippen LogP contribution in [0, 0.1) is 11.8 Å². The number of nitrogens with one attached hydrogen (secondary N) is 1. The van der Waals surface area contributed by atoms with Crippen LogP contribution in [0.2, 0.25) is 0 Å². The van der Waals surface area contributed by atoms with Gasteiger partial charge >= 0.3 is 0 Å². The molecule has 1 aromatic carbocycles. The summed E-state index contributed by atoms with van der Waals surface area (Å²) in [4.78, 5) is 0. The van der Waals surface area contributed by atoms with E-state index < -0.39 is 0 Å². The van der Waals surface area contributed by atoms with Crippen molar-refractivity contribution in [2.45, 2.75) is 32.1 Å². The van der Waals surface area contributed by atoms with E-state index in [1.165, 1.54) is 24.8 Å². The minimum atomic E-state index is 0.636. The topological polar surface area (TPSA) is 21.3 Å². The predicted octanol–water partition coefficient (Wildman–Crippen LogP) is 3.43. The van der Waals surface area contributed by atoms with Crippen LogP contribution >= 0.6 is 0 Å². The van der Waals surface area contributed by atoms with E-state index in [-0.39, 0.29) is 0 Å². The second kappa shape index (κ2) is 6.24. The van der Waals surface area contributed by atoms with E-state index >= 15 is 0 Å². The van der Waals surface area contributed by atoms with E-state index in [4.69, 9.17) is 4.74 Å². The maximum absolute atomic E-state index is 5.54. The highest BCUT2D eigenvalue weighted by atomic mass is 16.5. The number of ether oxygens (including phenoxy) is 1. The van der Waals surface area contributed by atoms with Gasteiger partial charge in [0, 0.05) is 0 Å². The maximum Gasteiger partial charge on any atom is 0.122 e. The molecule has 0 aromatic heterocycles. The summed E-state index contributed by atoms with van der Waals surface area (Å²) in [5, 5.41) is 3.35. The van der Waals surface area contributed by atoms with E-state index in [0.717, 1.165) is 24.1 Å². The van der Waals surface area contributed by atoms with Gasteiger partial charge in [-0.3, -0.25) is 0 Å². The lowest BCUT2D eigenvalue weighted by molar-refractivity contribution is 0.240. The Hall–Kier alpha value is -1.02. The fourth-order valence-corrected chi connectivity index (χ4v) is 3.30. The van der Waals surface area contributed by atoms with Crippen molar-refractivity contribution in [2.24, 2.45) is 11.8 Å². The van der Waals surface area contributed by atoms with Crippen molar-refractivity contribution in [1.82, 2.24) is 5.32 Å². The van der Waals surface area contributed by atoms with Crippen molar-refractivity contribution in [1.29, 1.82) is 0 Å². The van der Waals surface area contributed by atoms with Gasteiger partial charge in [-0.25, -0.2) is 0 Å². The Morgan fingerprint density at radius 3 is 2.78 bits per heavy atom. The van der Waals surface area contributed by atoms with Gasteiger partial charge in [0.05, 0.1) is 7.11 Å². The zero-order valence-electron chi connectivity index (χ0n) is 11.8. The van der Waals surface area contributed by atoms with Crippen LogP contribution in [-0.2, 0) is 0 Å². The van der Waals surface area contributed by atoms with E-state index in [9.17, 15) is 0 Å². The molecule has 0 saturated heterocycles. The van der Waals surface area contributed by atoms with Crippen LogP contribution in [0.5, 0.6) is 5.75 Å². The number of hydrogen-bond donors (Lipinski definition) is 1. The fourth-order valence-electron chi connectivity index (χ4n) is 3.30. The molecule has 1 saturated carbocycles. The SMILES string of the molecule is CNCC1CCC(C)CC1c1ccccc1OC. The Morgan fingerprint density at radius 2 is 2.06 bits per heavy atom. The van der Waals surface area contributed by atoms with Gasteiger partial charge in [0.15, 0.2) is 0 Å². The van der Waals surface area contributed by atoms with Gasteiger partial charge in [0.1, 0.15) is 5.75 Å². The summed E-state index contributed by atoms with van der Waals surface area (Å²) in [6.07, 6.45) is 3.97. The number of para-hydroxylation sites is 1. The maximum atomic E-state index is 5.54. The highest BCUT2D eigenvalue weighted by Gasteiger charge is 2.30. The minimum absolute atomic E-state index is 0.636. The largest absolute Gasteiger partial charge is 0.496 e. The summed E-state index contributed by atoms with van der Waals surface area (Å²) < 4.78 is 5.54. The van der Waals surface area contributed by atoms with Gasteiger partial charge in [0.25, 0.3) is 0 Å². The van der Waals surface area contributed by atoms with Crippen molar-refractivity contribution < 1.29 is 4.74 Å². The number of hydrogen-bond acceptors (Lipinski definition) is 2. The second-order valence-electron chi connectivity index (χ2n) is 5.58. The zero-order valence-corrected chi connectivity index (χ0v) is 11.8. The third-order valence-corrected chi connectivity index (χ3v) is 4.26. The fraction of sp³-hybridized carbons (Fsp3) is 0.625. The van der Waals surface area contributed by atoms with Crippen LogP contribution in [0.1, 0.15) is 37.7 Å². The monoisotopic (exact) mass is 247 g/mol. The lowest BCUT2D eigenvalue weighted by Crippen LogP contribution is -2.30. The van der Waals surface area contributed by atoms with Crippen LogP contribution in [0.3, 0.4) is 0 Å². The molecule has 2 nitrogen and oxygen atoms in total. The standard InChI is InChI=1S/C16H25NO/c1-12-8-9-13(11-17-2)15(10-12)14-6-4-5-7-16(14)18-3/h4-7,12-13,15,17H,8-11H2,1-3H3. The van der Waals surface area contributed by atoms with Crippen LogP contribution in [0.4, 0.5) is 0 Å². The summed E-state index contributed by atoms with van der Waals surface area (Å²) >= 11 is 0. The molecule has 0 bridgehead atoms. The molecule has 0 aliphatic heterocycles. The van der Waals surface area contributed by atoms with E-state index in [0.29, 0.717) is 5.92 Å². The van der Waals surface area contributed by atoms with Crippen LogP contribution in [-0.4, -0.2) is 20.7 Å². The van der Waals surface area contributed by atoms with Gasteiger partial charge in [0.2, 0.25) is 0 Å². The Bertz CT molecular complexity index is 377. The lowest BCUT2D eigenvalue weighted by atomic mass is 9.71. The Kier molecular flexibility index (Phi) is 4.65. The molecule has 100 valence electrons. The highest BCUT2D eigenvalue weighted by molar-refractivity contribution is 5.37. The van der Waals surface area contributed by atoms with Gasteiger partial charge in [-0.15, -0.1) is 0 Å². The summed E-state index contributed by atoms with van der Waals surface area (Å²) in [6, 6.07) is 8.52. The average molecular weight is 247 g/mol. The number of benzene rings is 1. The van der Waals surface area contributed by atoms with Gasteiger partial charge in [-0.2, -0.15) is 0 Å². The van der Waals surface area contributed by atoms with Crippen LogP contribution < -0.4 is 10.1 Å². The first-order valence-corrected chi connectivity index (χ1v) is 7.03. The third-order valence-electron chi connectivity index (χ3n) is 4.26. The van der Waals surface area contributed by atoms with E-state index in [1.54, 1.807) is 7.11 Å². The van der Waals surface area contributed by atoms with E-state index in [2.05, 4.69) is 43.6 Å². The molecule has 0 radical (unpaired) electrons. The zero-order chi connectivity index (χ0) is 13.0. The van der Waals surface area contributed by atoms with Crippen LogP contribution in [0.25, 0.3) is 0 Å². The normalized spacial score (nSPS) is 28.1. The molecule has 1 aliphatic rings. The number of rotatable bonds is 4. The van der Waals surface area contributed by atoms with Crippen molar-refractivity contribution in [3.63, 3.8) is 0 Å². The molecule has 0 heterocycles. The summed E-state index contributed by atoms with van der Waals surface area (Å²) in [5.74, 6) is 3.26.